The Balaban J connectivity index is 1.62. The lowest BCUT2D eigenvalue weighted by Crippen LogP contribution is -2.20. The van der Waals surface area contributed by atoms with E-state index in [1.165, 1.54) is 6.07 Å². The average molecular weight is 493 g/mol. The van der Waals surface area contributed by atoms with Crippen molar-refractivity contribution in [1.29, 1.82) is 0 Å². The van der Waals surface area contributed by atoms with Gasteiger partial charge >= 0.3 is 16.2 Å². The molecule has 0 fully saturated rings. The van der Waals surface area contributed by atoms with E-state index in [1.807, 2.05) is 45.0 Å². The Bertz CT molecular complexity index is 1520. The summed E-state index contributed by atoms with van der Waals surface area (Å²) < 4.78 is 31.4. The molecule has 2 heterocycles. The molecule has 8 nitrogen and oxygen atoms in total. The molecular weight excluding hydrogens is 464 g/mol. The summed E-state index contributed by atoms with van der Waals surface area (Å²) in [7, 11) is -4.27. The minimum absolute atomic E-state index is 0.0460. The van der Waals surface area contributed by atoms with Crippen LogP contribution >= 0.6 is 0 Å². The Hall–Kier alpha value is -3.72. The van der Waals surface area contributed by atoms with Crippen molar-refractivity contribution in [3.63, 3.8) is 0 Å². The van der Waals surface area contributed by atoms with Crippen molar-refractivity contribution in [2.75, 3.05) is 0 Å². The lowest BCUT2D eigenvalue weighted by molar-refractivity contribution is 0.212. The van der Waals surface area contributed by atoms with Crippen molar-refractivity contribution in [2.45, 2.75) is 51.9 Å². The maximum absolute atomic E-state index is 12.4. The molecule has 2 aromatic carbocycles. The van der Waals surface area contributed by atoms with Crippen LogP contribution in [0, 0.1) is 20.8 Å². The number of benzene rings is 2. The number of aryl methyl sites for hydroxylation is 6. The van der Waals surface area contributed by atoms with Gasteiger partial charge in [0.2, 0.25) is 0 Å². The molecule has 0 unspecified atom stereocenters. The zero-order valence-corrected chi connectivity index (χ0v) is 21.0. The second-order valence-electron chi connectivity index (χ2n) is 8.57. The molecule has 0 atom stereocenters. The predicted octanol–water partition coefficient (Wildman–Crippen LogP) is 4.48. The minimum atomic E-state index is -4.27. The average Bonchev–Trinajstić information content (AvgIpc) is 3.16. The number of aromatic nitrogens is 3. The van der Waals surface area contributed by atoms with Gasteiger partial charge < -0.3 is 9.92 Å². The summed E-state index contributed by atoms with van der Waals surface area (Å²) in [5.74, 6) is 0.965. The SMILES string of the molecule is CCc1nc2c(C)nc(C)cc2n1-c1ccc(CCc2cc(C)ccc2S(=O)(=O)OC(N)=O)cc1. The molecule has 0 bridgehead atoms. The molecule has 1 amide bonds. The zero-order chi connectivity index (χ0) is 25.3. The second-order valence-corrected chi connectivity index (χ2v) is 10.1. The number of nitrogens with two attached hydrogens (primary N) is 1. The largest absolute Gasteiger partial charge is 0.420 e. The van der Waals surface area contributed by atoms with E-state index >= 15 is 0 Å². The molecule has 4 rings (SSSR count). The van der Waals surface area contributed by atoms with Gasteiger partial charge in [-0.25, -0.2) is 9.78 Å². The summed E-state index contributed by atoms with van der Waals surface area (Å²) in [6.45, 7) is 7.91. The van der Waals surface area contributed by atoms with E-state index < -0.39 is 16.2 Å². The lowest BCUT2D eigenvalue weighted by atomic mass is 10.0. The molecule has 182 valence electrons. The molecule has 0 aliphatic rings. The van der Waals surface area contributed by atoms with Crippen molar-refractivity contribution in [2.24, 2.45) is 5.73 Å². The number of carbonyl (C=O) groups is 1. The number of pyridine rings is 1. The Kier molecular flexibility index (Phi) is 6.62. The van der Waals surface area contributed by atoms with Gasteiger partial charge in [0.1, 0.15) is 16.2 Å². The second kappa shape index (κ2) is 9.50. The summed E-state index contributed by atoms with van der Waals surface area (Å²) in [5, 5.41) is 0. The van der Waals surface area contributed by atoms with Crippen LogP contribution in [0.3, 0.4) is 0 Å². The molecule has 35 heavy (non-hydrogen) atoms. The highest BCUT2D eigenvalue weighted by Gasteiger charge is 2.22. The number of imidazole rings is 1. The van der Waals surface area contributed by atoms with E-state index in [9.17, 15) is 13.2 Å². The zero-order valence-electron chi connectivity index (χ0n) is 20.2. The molecule has 2 N–H and O–H groups in total. The summed E-state index contributed by atoms with van der Waals surface area (Å²) in [6.07, 6.45) is 0.492. The first-order valence-electron chi connectivity index (χ1n) is 11.4. The highest BCUT2D eigenvalue weighted by molar-refractivity contribution is 7.87. The fraction of sp³-hybridized carbons (Fsp3) is 0.269. The third-order valence-electron chi connectivity index (χ3n) is 5.89. The van der Waals surface area contributed by atoms with Crippen LogP contribution in [-0.2, 0) is 33.6 Å². The summed E-state index contributed by atoms with van der Waals surface area (Å²) in [4.78, 5) is 20.4. The molecule has 0 aliphatic heterocycles. The first kappa shape index (κ1) is 24.4. The molecule has 0 aliphatic carbocycles. The molecule has 0 saturated carbocycles. The van der Waals surface area contributed by atoms with Gasteiger partial charge in [-0.1, -0.05) is 36.8 Å². The number of amides is 1. The van der Waals surface area contributed by atoms with Gasteiger partial charge in [-0.3, -0.25) is 9.55 Å². The normalized spacial score (nSPS) is 11.7. The number of hydrogen-bond donors (Lipinski definition) is 1. The summed E-state index contributed by atoms with van der Waals surface area (Å²) in [6, 6.07) is 15.1. The van der Waals surface area contributed by atoms with Gasteiger partial charge in [-0.15, -0.1) is 0 Å². The molecule has 2 aromatic heterocycles. The van der Waals surface area contributed by atoms with E-state index in [2.05, 4.69) is 26.7 Å². The van der Waals surface area contributed by atoms with Gasteiger partial charge in [-0.2, -0.15) is 8.42 Å². The maximum Gasteiger partial charge on any atom is 0.420 e. The van der Waals surface area contributed by atoms with Crippen LogP contribution in [0.4, 0.5) is 4.79 Å². The molecule has 4 aromatic rings. The third-order valence-corrected chi connectivity index (χ3v) is 7.21. The Morgan fingerprint density at radius 1 is 1.00 bits per heavy atom. The van der Waals surface area contributed by atoms with Crippen molar-refractivity contribution < 1.29 is 17.4 Å². The number of fused-ring (bicyclic) bond motifs is 1. The van der Waals surface area contributed by atoms with Crippen LogP contribution in [0.15, 0.2) is 53.4 Å². The monoisotopic (exact) mass is 492 g/mol. The Labute approximate surface area is 204 Å². The first-order valence-corrected chi connectivity index (χ1v) is 12.8. The molecule has 0 saturated heterocycles. The quantitative estimate of drug-likeness (QED) is 0.380. The Morgan fingerprint density at radius 2 is 1.71 bits per heavy atom. The fourth-order valence-corrected chi connectivity index (χ4v) is 5.37. The minimum Gasteiger partial charge on any atom is -0.334 e. The molecule has 9 heteroatoms. The molecule has 0 radical (unpaired) electrons. The smallest absolute Gasteiger partial charge is 0.334 e. The third kappa shape index (κ3) is 5.05. The topological polar surface area (TPSA) is 117 Å². The molecule has 0 spiro atoms. The van der Waals surface area contributed by atoms with E-state index in [-0.39, 0.29) is 4.90 Å². The van der Waals surface area contributed by atoms with Gasteiger partial charge in [-0.05, 0) is 69.0 Å². The van der Waals surface area contributed by atoms with E-state index in [4.69, 9.17) is 10.7 Å². The number of primary amides is 1. The van der Waals surface area contributed by atoms with Crippen LogP contribution in [-0.4, -0.2) is 29.0 Å². The van der Waals surface area contributed by atoms with Gasteiger partial charge in [0.25, 0.3) is 0 Å². The molecular formula is C26H28N4O4S. The van der Waals surface area contributed by atoms with Crippen molar-refractivity contribution in [1.82, 2.24) is 14.5 Å². The number of nitrogens with zero attached hydrogens (tertiary/aromatic N) is 3. The van der Waals surface area contributed by atoms with E-state index in [0.717, 1.165) is 51.5 Å². The maximum atomic E-state index is 12.4. The van der Waals surface area contributed by atoms with Gasteiger partial charge in [0.05, 0.1) is 11.2 Å². The highest BCUT2D eigenvalue weighted by atomic mass is 32.2. The van der Waals surface area contributed by atoms with Crippen LogP contribution in [0.25, 0.3) is 16.7 Å². The van der Waals surface area contributed by atoms with Crippen LogP contribution in [0.2, 0.25) is 0 Å². The summed E-state index contributed by atoms with van der Waals surface area (Å²) in [5.41, 5.74) is 12.3. The van der Waals surface area contributed by atoms with Crippen molar-refractivity contribution in [3.8, 4) is 5.69 Å². The number of hydrogen-bond acceptors (Lipinski definition) is 6. The van der Waals surface area contributed by atoms with Gasteiger partial charge in [0, 0.05) is 17.8 Å². The van der Waals surface area contributed by atoms with Crippen LogP contribution in [0.5, 0.6) is 0 Å². The Morgan fingerprint density at radius 3 is 2.37 bits per heavy atom. The number of carbonyl (C=O) groups excluding carboxylic acids is 1. The van der Waals surface area contributed by atoms with Crippen LogP contribution < -0.4 is 5.73 Å². The van der Waals surface area contributed by atoms with Gasteiger partial charge in [0.15, 0.2) is 0 Å². The van der Waals surface area contributed by atoms with Crippen molar-refractivity contribution in [3.05, 3.63) is 82.4 Å². The van der Waals surface area contributed by atoms with Crippen LogP contribution in [0.1, 0.15) is 40.8 Å². The first-order chi connectivity index (χ1) is 16.6. The fourth-order valence-electron chi connectivity index (χ4n) is 4.34. The van der Waals surface area contributed by atoms with E-state index in [0.29, 0.717) is 18.4 Å². The predicted molar refractivity (Wildman–Crippen MR) is 134 cm³/mol. The highest BCUT2D eigenvalue weighted by Crippen LogP contribution is 2.26. The summed E-state index contributed by atoms with van der Waals surface area (Å²) >= 11 is 0. The van der Waals surface area contributed by atoms with Crippen molar-refractivity contribution >= 4 is 27.2 Å². The standard InChI is InChI=1S/C26H28N4O4S/c1-5-24-29-25-18(4)28-17(3)15-22(25)30(24)21-11-8-19(9-12-21)7-10-20-14-16(2)6-13-23(20)35(32,33)34-26(27)31/h6,8-9,11-15H,5,7,10H2,1-4H3,(H2,27,31). The van der Waals surface area contributed by atoms with E-state index in [1.54, 1.807) is 12.1 Å². The lowest BCUT2D eigenvalue weighted by Gasteiger charge is -2.12. The number of rotatable bonds is 7.